The second-order valence-corrected chi connectivity index (χ2v) is 5.64. The molecule has 1 amide bonds. The fourth-order valence-corrected chi connectivity index (χ4v) is 2.55. The maximum absolute atomic E-state index is 12.2. The van der Waals surface area contributed by atoms with Gasteiger partial charge in [0.25, 0.3) is 0 Å². The maximum atomic E-state index is 12.2. The molecule has 0 aromatic heterocycles. The van der Waals surface area contributed by atoms with E-state index in [0.29, 0.717) is 22.4 Å². The fraction of sp³-hybridized carbons (Fsp3) is 0.0500. The number of phenolic OH excluding ortho intramolecular Hbond substituents is 3. The summed E-state index contributed by atoms with van der Waals surface area (Å²) >= 11 is 0. The van der Waals surface area contributed by atoms with E-state index in [1.54, 1.807) is 48.5 Å². The van der Waals surface area contributed by atoms with Crippen molar-refractivity contribution in [2.45, 2.75) is 6.42 Å². The Morgan fingerprint density at radius 2 is 1.48 bits per heavy atom. The van der Waals surface area contributed by atoms with Gasteiger partial charge in [-0.2, -0.15) is 0 Å². The predicted molar refractivity (Wildman–Crippen MR) is 95.6 cm³/mol. The lowest BCUT2D eigenvalue weighted by Gasteiger charge is -2.10. The third-order valence-corrected chi connectivity index (χ3v) is 3.77. The van der Waals surface area contributed by atoms with Crippen LogP contribution in [0, 0.1) is 0 Å². The molecule has 0 spiro atoms. The second kappa shape index (κ2) is 6.97. The van der Waals surface area contributed by atoms with Crippen LogP contribution in [0.3, 0.4) is 0 Å². The molecule has 0 saturated heterocycles. The van der Waals surface area contributed by atoms with Gasteiger partial charge >= 0.3 is 0 Å². The van der Waals surface area contributed by atoms with Crippen molar-refractivity contribution in [1.29, 1.82) is 0 Å². The van der Waals surface area contributed by atoms with E-state index in [0.717, 1.165) is 0 Å². The SMILES string of the molecule is O=C(Cc1ccc(O)c(-c2ccccc2O)c1)Nc1ccc(O)cc1. The third-order valence-electron chi connectivity index (χ3n) is 3.77. The number of nitrogens with one attached hydrogen (secondary N) is 1. The summed E-state index contributed by atoms with van der Waals surface area (Å²) < 4.78 is 0. The van der Waals surface area contributed by atoms with Gasteiger partial charge in [-0.3, -0.25) is 4.79 Å². The van der Waals surface area contributed by atoms with Gasteiger partial charge in [-0.25, -0.2) is 0 Å². The lowest BCUT2D eigenvalue weighted by Crippen LogP contribution is -2.14. The van der Waals surface area contributed by atoms with E-state index in [1.165, 1.54) is 18.2 Å². The molecule has 126 valence electrons. The van der Waals surface area contributed by atoms with Crippen molar-refractivity contribution >= 4 is 11.6 Å². The van der Waals surface area contributed by atoms with Gasteiger partial charge in [-0.15, -0.1) is 0 Å². The summed E-state index contributed by atoms with van der Waals surface area (Å²) in [4.78, 5) is 12.2. The van der Waals surface area contributed by atoms with E-state index in [9.17, 15) is 20.1 Å². The number of phenols is 3. The minimum atomic E-state index is -0.223. The maximum Gasteiger partial charge on any atom is 0.228 e. The van der Waals surface area contributed by atoms with Gasteiger partial charge in [0, 0.05) is 16.8 Å². The van der Waals surface area contributed by atoms with Gasteiger partial charge in [0.05, 0.1) is 6.42 Å². The summed E-state index contributed by atoms with van der Waals surface area (Å²) in [7, 11) is 0. The number of amides is 1. The summed E-state index contributed by atoms with van der Waals surface area (Å²) in [5.74, 6) is -0.00357. The van der Waals surface area contributed by atoms with Crippen molar-refractivity contribution in [3.8, 4) is 28.4 Å². The van der Waals surface area contributed by atoms with Gasteiger partial charge in [-0.1, -0.05) is 24.3 Å². The highest BCUT2D eigenvalue weighted by molar-refractivity contribution is 5.92. The molecule has 4 N–H and O–H groups in total. The molecule has 0 fully saturated rings. The van der Waals surface area contributed by atoms with E-state index in [1.807, 2.05) is 0 Å². The zero-order valence-electron chi connectivity index (χ0n) is 13.3. The van der Waals surface area contributed by atoms with E-state index in [2.05, 4.69) is 5.32 Å². The van der Waals surface area contributed by atoms with E-state index in [4.69, 9.17) is 0 Å². The van der Waals surface area contributed by atoms with Crippen molar-refractivity contribution in [2.24, 2.45) is 0 Å². The molecule has 0 atom stereocenters. The van der Waals surface area contributed by atoms with Crippen LogP contribution < -0.4 is 5.32 Å². The first-order valence-corrected chi connectivity index (χ1v) is 7.72. The topological polar surface area (TPSA) is 89.8 Å². The molecule has 5 nitrogen and oxygen atoms in total. The molecule has 3 aromatic rings. The lowest BCUT2D eigenvalue weighted by molar-refractivity contribution is -0.115. The van der Waals surface area contributed by atoms with Crippen LogP contribution in [0.5, 0.6) is 17.2 Å². The van der Waals surface area contributed by atoms with Crippen LogP contribution >= 0.6 is 0 Å². The number of aromatic hydroxyl groups is 3. The molecule has 0 radical (unpaired) electrons. The Morgan fingerprint density at radius 1 is 0.800 bits per heavy atom. The average Bonchev–Trinajstić information content (AvgIpc) is 2.59. The van der Waals surface area contributed by atoms with Crippen molar-refractivity contribution in [2.75, 3.05) is 5.32 Å². The van der Waals surface area contributed by atoms with E-state index >= 15 is 0 Å². The Morgan fingerprint density at radius 3 is 2.20 bits per heavy atom. The highest BCUT2D eigenvalue weighted by Gasteiger charge is 2.11. The summed E-state index contributed by atoms with van der Waals surface area (Å²) in [6, 6.07) is 17.8. The molecule has 25 heavy (non-hydrogen) atoms. The van der Waals surface area contributed by atoms with Crippen molar-refractivity contribution in [3.63, 3.8) is 0 Å². The second-order valence-electron chi connectivity index (χ2n) is 5.64. The van der Waals surface area contributed by atoms with Crippen LogP contribution in [0.25, 0.3) is 11.1 Å². The number of benzene rings is 3. The summed E-state index contributed by atoms with van der Waals surface area (Å²) in [5.41, 5.74) is 2.25. The highest BCUT2D eigenvalue weighted by atomic mass is 16.3. The molecule has 3 aromatic carbocycles. The molecule has 5 heteroatoms. The molecule has 0 unspecified atom stereocenters. The lowest BCUT2D eigenvalue weighted by atomic mass is 9.99. The molecule has 0 saturated carbocycles. The zero-order chi connectivity index (χ0) is 17.8. The standard InChI is InChI=1S/C20H17NO4/c22-15-8-6-14(7-9-15)21-20(25)12-13-5-10-19(24)17(11-13)16-3-1-2-4-18(16)23/h1-11,22-24H,12H2,(H,21,25). The number of hydrogen-bond acceptors (Lipinski definition) is 4. The van der Waals surface area contributed by atoms with Crippen LogP contribution in [0.4, 0.5) is 5.69 Å². The molecule has 0 heterocycles. The van der Waals surface area contributed by atoms with Crippen LogP contribution in [-0.2, 0) is 11.2 Å². The molecule has 0 aliphatic carbocycles. The van der Waals surface area contributed by atoms with Crippen molar-refractivity contribution in [1.82, 2.24) is 0 Å². The van der Waals surface area contributed by atoms with Crippen molar-refractivity contribution < 1.29 is 20.1 Å². The molecule has 0 aliphatic heterocycles. The quantitative estimate of drug-likeness (QED) is 0.548. The Kier molecular flexibility index (Phi) is 4.57. The largest absolute Gasteiger partial charge is 0.508 e. The number of hydrogen-bond donors (Lipinski definition) is 4. The monoisotopic (exact) mass is 335 g/mol. The molecule has 0 bridgehead atoms. The number of rotatable bonds is 4. The predicted octanol–water partition coefficient (Wildman–Crippen LogP) is 3.65. The fourth-order valence-electron chi connectivity index (χ4n) is 2.55. The van der Waals surface area contributed by atoms with Gasteiger partial charge in [0.15, 0.2) is 0 Å². The van der Waals surface area contributed by atoms with Crippen LogP contribution in [0.15, 0.2) is 66.7 Å². The smallest absolute Gasteiger partial charge is 0.228 e. The van der Waals surface area contributed by atoms with E-state index in [-0.39, 0.29) is 29.6 Å². The van der Waals surface area contributed by atoms with E-state index < -0.39 is 0 Å². The Balaban J connectivity index is 1.79. The van der Waals surface area contributed by atoms with Crippen molar-refractivity contribution in [3.05, 3.63) is 72.3 Å². The summed E-state index contributed by atoms with van der Waals surface area (Å²) in [6.07, 6.45) is 0.113. The zero-order valence-corrected chi connectivity index (χ0v) is 13.3. The molecular formula is C20H17NO4. The Bertz CT molecular complexity index is 904. The number of para-hydroxylation sites is 1. The number of carbonyl (C=O) groups excluding carboxylic acids is 1. The molecule has 3 rings (SSSR count). The van der Waals surface area contributed by atoms with Crippen LogP contribution in [0.2, 0.25) is 0 Å². The highest BCUT2D eigenvalue weighted by Crippen LogP contribution is 2.35. The first kappa shape index (κ1) is 16.4. The molecular weight excluding hydrogens is 318 g/mol. The first-order chi connectivity index (χ1) is 12.0. The average molecular weight is 335 g/mol. The number of anilines is 1. The third kappa shape index (κ3) is 3.90. The van der Waals surface area contributed by atoms with Gasteiger partial charge in [-0.05, 0) is 48.0 Å². The van der Waals surface area contributed by atoms with Crippen LogP contribution in [-0.4, -0.2) is 21.2 Å². The number of carbonyl (C=O) groups is 1. The minimum Gasteiger partial charge on any atom is -0.508 e. The van der Waals surface area contributed by atoms with Gasteiger partial charge in [0.2, 0.25) is 5.91 Å². The first-order valence-electron chi connectivity index (χ1n) is 7.72. The van der Waals surface area contributed by atoms with Gasteiger partial charge in [0.1, 0.15) is 17.2 Å². The molecule has 0 aliphatic rings. The Labute approximate surface area is 144 Å². The van der Waals surface area contributed by atoms with Crippen LogP contribution in [0.1, 0.15) is 5.56 Å². The summed E-state index contributed by atoms with van der Waals surface area (Å²) in [6.45, 7) is 0. The normalized spacial score (nSPS) is 10.4. The van der Waals surface area contributed by atoms with Gasteiger partial charge < -0.3 is 20.6 Å². The Hall–Kier alpha value is -3.47. The minimum absolute atomic E-state index is 0.0317. The summed E-state index contributed by atoms with van der Waals surface area (Å²) in [5, 5.41) is 32.0.